The van der Waals surface area contributed by atoms with E-state index in [1.165, 1.54) is 0 Å². The fraction of sp³-hybridized carbons (Fsp3) is 0.400. The summed E-state index contributed by atoms with van der Waals surface area (Å²) in [5, 5.41) is 0.678. The van der Waals surface area contributed by atoms with Crippen LogP contribution in [0.5, 0.6) is 0 Å². The van der Waals surface area contributed by atoms with Gasteiger partial charge in [0.25, 0.3) is 0 Å². The second-order valence-corrected chi connectivity index (χ2v) is 4.15. The normalized spacial score (nSPS) is 11.5. The zero-order valence-corrected chi connectivity index (χ0v) is 10.00. The molecule has 0 fully saturated rings. The summed E-state index contributed by atoms with van der Waals surface area (Å²) in [5.41, 5.74) is 1.01. The highest BCUT2D eigenvalue weighted by Crippen LogP contribution is 2.18. The lowest BCUT2D eigenvalue weighted by Gasteiger charge is -1.99. The molecule has 0 radical (unpaired) electrons. The Bertz CT molecular complexity index is 297. The lowest BCUT2D eigenvalue weighted by Crippen LogP contribution is -1.87. The van der Waals surface area contributed by atoms with E-state index in [-0.39, 0.29) is 0 Å². The molecule has 1 nitrogen and oxygen atoms in total. The summed E-state index contributed by atoms with van der Waals surface area (Å²) in [4.78, 5) is 0.778. The maximum absolute atomic E-state index is 11.0. The SMILES string of the molecule is CC.Cc1ccc(S(C)=O)cc1Cl. The van der Waals surface area contributed by atoms with E-state index in [1.54, 1.807) is 12.3 Å². The van der Waals surface area contributed by atoms with Gasteiger partial charge in [-0.25, -0.2) is 0 Å². The van der Waals surface area contributed by atoms with Crippen LogP contribution in [0.15, 0.2) is 23.1 Å². The van der Waals surface area contributed by atoms with E-state index >= 15 is 0 Å². The minimum atomic E-state index is -0.932. The Kier molecular flexibility index (Phi) is 6.00. The number of halogens is 1. The standard InChI is InChI=1S/C8H9ClOS.C2H6/c1-6-3-4-7(11(2)10)5-8(6)9;1-2/h3-5H,1-2H3;1-2H3. The highest BCUT2D eigenvalue weighted by Gasteiger charge is 1.99. The minimum Gasteiger partial charge on any atom is -0.255 e. The third kappa shape index (κ3) is 3.92. The Labute approximate surface area is 87.6 Å². The first-order chi connectivity index (χ1) is 6.11. The van der Waals surface area contributed by atoms with Gasteiger partial charge in [-0.3, -0.25) is 4.21 Å². The molecule has 0 amide bonds. The molecule has 0 heterocycles. The number of hydrogen-bond acceptors (Lipinski definition) is 1. The molecule has 1 atom stereocenters. The molecule has 0 aliphatic carbocycles. The lowest BCUT2D eigenvalue weighted by atomic mass is 10.2. The van der Waals surface area contributed by atoms with Crippen LogP contribution in [-0.4, -0.2) is 10.5 Å². The van der Waals surface area contributed by atoms with E-state index in [9.17, 15) is 4.21 Å². The summed E-state index contributed by atoms with van der Waals surface area (Å²) in [7, 11) is -0.932. The van der Waals surface area contributed by atoms with Crippen LogP contribution in [0.4, 0.5) is 0 Å². The van der Waals surface area contributed by atoms with Crippen molar-refractivity contribution in [3.05, 3.63) is 28.8 Å². The maximum Gasteiger partial charge on any atom is 0.0498 e. The Balaban J connectivity index is 0.000000671. The van der Waals surface area contributed by atoms with Crippen molar-refractivity contribution in [2.45, 2.75) is 25.7 Å². The molecule has 0 aromatic heterocycles. The summed E-state index contributed by atoms with van der Waals surface area (Å²) in [5.74, 6) is 0. The van der Waals surface area contributed by atoms with Crippen molar-refractivity contribution in [2.75, 3.05) is 6.26 Å². The van der Waals surface area contributed by atoms with Crippen molar-refractivity contribution in [3.8, 4) is 0 Å². The van der Waals surface area contributed by atoms with E-state index in [1.807, 2.05) is 32.9 Å². The van der Waals surface area contributed by atoms with E-state index in [2.05, 4.69) is 0 Å². The van der Waals surface area contributed by atoms with Gasteiger partial charge in [-0.15, -0.1) is 0 Å². The van der Waals surface area contributed by atoms with Gasteiger partial charge in [0, 0.05) is 27.0 Å². The van der Waals surface area contributed by atoms with E-state index < -0.39 is 10.8 Å². The molecule has 1 rings (SSSR count). The molecule has 1 aromatic carbocycles. The molecule has 1 aromatic rings. The molecule has 1 unspecified atom stereocenters. The first kappa shape index (κ1) is 12.7. The van der Waals surface area contributed by atoms with Crippen LogP contribution in [0.3, 0.4) is 0 Å². The average molecular weight is 219 g/mol. The number of rotatable bonds is 1. The van der Waals surface area contributed by atoms with Crippen LogP contribution in [0.25, 0.3) is 0 Å². The summed E-state index contributed by atoms with van der Waals surface area (Å²) in [6, 6.07) is 5.45. The van der Waals surface area contributed by atoms with Gasteiger partial charge in [0.1, 0.15) is 0 Å². The van der Waals surface area contributed by atoms with Crippen LogP contribution in [0.2, 0.25) is 5.02 Å². The summed E-state index contributed by atoms with van der Waals surface area (Å²) in [6.07, 6.45) is 1.64. The molecular formula is C10H15ClOS. The first-order valence-electron chi connectivity index (χ1n) is 4.21. The maximum atomic E-state index is 11.0. The summed E-state index contributed by atoms with van der Waals surface area (Å²) >= 11 is 5.82. The van der Waals surface area contributed by atoms with Crippen molar-refractivity contribution in [3.63, 3.8) is 0 Å². The number of aryl methyl sites for hydroxylation is 1. The Morgan fingerprint density at radius 2 is 1.85 bits per heavy atom. The molecule has 0 bridgehead atoms. The van der Waals surface area contributed by atoms with Crippen LogP contribution >= 0.6 is 11.6 Å². The lowest BCUT2D eigenvalue weighted by molar-refractivity contribution is 0.687. The van der Waals surface area contributed by atoms with Gasteiger partial charge >= 0.3 is 0 Å². The van der Waals surface area contributed by atoms with Crippen molar-refractivity contribution < 1.29 is 4.21 Å². The summed E-state index contributed by atoms with van der Waals surface area (Å²) < 4.78 is 11.0. The smallest absolute Gasteiger partial charge is 0.0498 e. The molecule has 0 saturated carbocycles. The van der Waals surface area contributed by atoms with Gasteiger partial charge in [0.05, 0.1) is 0 Å². The Hall–Kier alpha value is -0.340. The van der Waals surface area contributed by atoms with E-state index in [0.717, 1.165) is 10.5 Å². The zero-order valence-electron chi connectivity index (χ0n) is 8.43. The second kappa shape index (κ2) is 6.17. The highest BCUT2D eigenvalue weighted by atomic mass is 35.5. The van der Waals surface area contributed by atoms with Gasteiger partial charge < -0.3 is 0 Å². The second-order valence-electron chi connectivity index (χ2n) is 2.37. The van der Waals surface area contributed by atoms with Crippen LogP contribution < -0.4 is 0 Å². The highest BCUT2D eigenvalue weighted by molar-refractivity contribution is 7.84. The van der Waals surface area contributed by atoms with Gasteiger partial charge in [0.15, 0.2) is 0 Å². The van der Waals surface area contributed by atoms with Gasteiger partial charge in [-0.05, 0) is 24.6 Å². The number of benzene rings is 1. The monoisotopic (exact) mass is 218 g/mol. The third-order valence-corrected chi connectivity index (χ3v) is 2.80. The molecule has 0 aliphatic heterocycles. The van der Waals surface area contributed by atoms with Crippen molar-refractivity contribution in [2.24, 2.45) is 0 Å². The molecule has 13 heavy (non-hydrogen) atoms. The van der Waals surface area contributed by atoms with Crippen LogP contribution in [0, 0.1) is 6.92 Å². The predicted molar refractivity (Wildman–Crippen MR) is 59.9 cm³/mol. The first-order valence-corrected chi connectivity index (χ1v) is 6.14. The van der Waals surface area contributed by atoms with Gasteiger partial charge in [0.2, 0.25) is 0 Å². The molecular weight excluding hydrogens is 204 g/mol. The molecule has 0 aliphatic rings. The fourth-order valence-electron chi connectivity index (χ4n) is 0.752. The van der Waals surface area contributed by atoms with E-state index in [0.29, 0.717) is 5.02 Å². The van der Waals surface area contributed by atoms with Crippen molar-refractivity contribution in [1.29, 1.82) is 0 Å². The number of hydrogen-bond donors (Lipinski definition) is 0. The predicted octanol–water partition coefficient (Wildman–Crippen LogP) is 3.41. The average Bonchev–Trinajstić information content (AvgIpc) is 2.13. The molecule has 74 valence electrons. The topological polar surface area (TPSA) is 17.1 Å². The van der Waals surface area contributed by atoms with E-state index in [4.69, 9.17) is 11.6 Å². The van der Waals surface area contributed by atoms with Gasteiger partial charge in [-0.1, -0.05) is 31.5 Å². The summed E-state index contributed by atoms with van der Waals surface area (Å²) in [6.45, 7) is 5.92. The van der Waals surface area contributed by atoms with Crippen LogP contribution in [-0.2, 0) is 10.8 Å². The molecule has 0 spiro atoms. The molecule has 0 N–H and O–H groups in total. The van der Waals surface area contributed by atoms with Crippen molar-refractivity contribution >= 4 is 22.4 Å². The molecule has 0 saturated heterocycles. The third-order valence-electron chi connectivity index (χ3n) is 1.48. The minimum absolute atomic E-state index is 0.678. The quantitative estimate of drug-likeness (QED) is 0.706. The molecule has 3 heteroatoms. The fourth-order valence-corrected chi connectivity index (χ4v) is 1.54. The van der Waals surface area contributed by atoms with Gasteiger partial charge in [-0.2, -0.15) is 0 Å². The largest absolute Gasteiger partial charge is 0.255 e. The zero-order chi connectivity index (χ0) is 10.4. The Morgan fingerprint density at radius 3 is 2.23 bits per heavy atom. The Morgan fingerprint density at radius 1 is 1.31 bits per heavy atom. The van der Waals surface area contributed by atoms with Crippen molar-refractivity contribution in [1.82, 2.24) is 0 Å². The van der Waals surface area contributed by atoms with Crippen LogP contribution in [0.1, 0.15) is 19.4 Å².